The van der Waals surface area contributed by atoms with Crippen LogP contribution in [0.15, 0.2) is 28.8 Å². The molecular weight excluding hydrogens is 305 g/mol. The van der Waals surface area contributed by atoms with Crippen molar-refractivity contribution in [1.29, 1.82) is 0 Å². The lowest BCUT2D eigenvalue weighted by Gasteiger charge is -1.98. The third kappa shape index (κ3) is 2.80. The molecule has 0 aliphatic carbocycles. The van der Waals surface area contributed by atoms with E-state index in [1.807, 2.05) is 0 Å². The van der Waals surface area contributed by atoms with Crippen molar-refractivity contribution >= 4 is 5.69 Å². The SMILES string of the molecule is Cc1nn(Cc2noc(-c3ccc(F)cc3)n2)c(C)c1[N+](=O)[O-]. The van der Waals surface area contributed by atoms with Crippen LogP contribution in [0.4, 0.5) is 10.1 Å². The summed E-state index contributed by atoms with van der Waals surface area (Å²) in [4.78, 5) is 14.7. The molecule has 0 atom stereocenters. The van der Waals surface area contributed by atoms with Crippen LogP contribution in [-0.4, -0.2) is 24.8 Å². The summed E-state index contributed by atoms with van der Waals surface area (Å²) in [6, 6.07) is 5.65. The lowest BCUT2D eigenvalue weighted by Crippen LogP contribution is -2.05. The van der Waals surface area contributed by atoms with Gasteiger partial charge in [0.15, 0.2) is 5.82 Å². The molecule has 8 nitrogen and oxygen atoms in total. The zero-order valence-corrected chi connectivity index (χ0v) is 12.4. The number of aryl methyl sites for hydroxylation is 1. The molecule has 3 aromatic rings. The van der Waals surface area contributed by atoms with Gasteiger partial charge in [0.2, 0.25) is 0 Å². The zero-order valence-electron chi connectivity index (χ0n) is 12.4. The largest absolute Gasteiger partial charge is 0.334 e. The van der Waals surface area contributed by atoms with E-state index in [2.05, 4.69) is 15.2 Å². The van der Waals surface area contributed by atoms with Gasteiger partial charge < -0.3 is 4.52 Å². The van der Waals surface area contributed by atoms with E-state index in [0.717, 1.165) is 0 Å². The zero-order chi connectivity index (χ0) is 16.6. The molecule has 1 aromatic carbocycles. The molecule has 3 rings (SSSR count). The maximum atomic E-state index is 12.9. The highest BCUT2D eigenvalue weighted by atomic mass is 19.1. The first-order valence-electron chi connectivity index (χ1n) is 6.72. The standard InChI is InChI=1S/C14H12FN5O3/c1-8-13(20(21)22)9(2)19(17-8)7-12-16-14(23-18-12)10-3-5-11(15)6-4-10/h3-6H,7H2,1-2H3. The lowest BCUT2D eigenvalue weighted by atomic mass is 10.2. The highest BCUT2D eigenvalue weighted by Crippen LogP contribution is 2.23. The minimum atomic E-state index is -0.464. The van der Waals surface area contributed by atoms with Crippen LogP contribution in [0.2, 0.25) is 0 Å². The summed E-state index contributed by atoms with van der Waals surface area (Å²) in [6.45, 7) is 3.33. The monoisotopic (exact) mass is 317 g/mol. The average molecular weight is 317 g/mol. The Hall–Kier alpha value is -3.10. The van der Waals surface area contributed by atoms with Crippen molar-refractivity contribution < 1.29 is 13.8 Å². The first-order valence-corrected chi connectivity index (χ1v) is 6.72. The van der Waals surface area contributed by atoms with Crippen LogP contribution in [0.1, 0.15) is 17.2 Å². The number of rotatable bonds is 4. The maximum Gasteiger partial charge on any atom is 0.312 e. The van der Waals surface area contributed by atoms with E-state index >= 15 is 0 Å². The van der Waals surface area contributed by atoms with E-state index in [1.54, 1.807) is 13.8 Å². The van der Waals surface area contributed by atoms with Gasteiger partial charge in [0, 0.05) is 5.56 Å². The van der Waals surface area contributed by atoms with Gasteiger partial charge in [-0.25, -0.2) is 4.39 Å². The smallest absolute Gasteiger partial charge is 0.312 e. The van der Waals surface area contributed by atoms with E-state index in [0.29, 0.717) is 22.8 Å². The van der Waals surface area contributed by atoms with Crippen LogP contribution in [0.5, 0.6) is 0 Å². The van der Waals surface area contributed by atoms with Gasteiger partial charge in [0.25, 0.3) is 5.89 Å². The van der Waals surface area contributed by atoms with E-state index in [4.69, 9.17) is 4.52 Å². The first-order chi connectivity index (χ1) is 11.0. The Morgan fingerprint density at radius 2 is 2.00 bits per heavy atom. The Balaban J connectivity index is 1.86. The summed E-state index contributed by atoms with van der Waals surface area (Å²) in [5, 5.41) is 18.9. The van der Waals surface area contributed by atoms with Crippen LogP contribution in [0, 0.1) is 29.8 Å². The maximum absolute atomic E-state index is 12.9. The summed E-state index contributed by atoms with van der Waals surface area (Å²) in [5.41, 5.74) is 1.31. The summed E-state index contributed by atoms with van der Waals surface area (Å²) in [6.07, 6.45) is 0. The van der Waals surface area contributed by atoms with Crippen molar-refractivity contribution in [1.82, 2.24) is 19.9 Å². The average Bonchev–Trinajstić information content (AvgIpc) is 3.05. The van der Waals surface area contributed by atoms with Crippen LogP contribution >= 0.6 is 0 Å². The Kier molecular flexibility index (Phi) is 3.61. The van der Waals surface area contributed by atoms with Crippen LogP contribution in [0.3, 0.4) is 0 Å². The van der Waals surface area contributed by atoms with E-state index in [1.165, 1.54) is 28.9 Å². The predicted octanol–water partition coefficient (Wildman–Crippen LogP) is 2.65. The molecule has 9 heteroatoms. The van der Waals surface area contributed by atoms with E-state index in [9.17, 15) is 14.5 Å². The van der Waals surface area contributed by atoms with Crippen molar-refractivity contribution in [2.24, 2.45) is 0 Å². The fourth-order valence-electron chi connectivity index (χ4n) is 2.27. The normalized spacial score (nSPS) is 10.9. The molecule has 0 aliphatic rings. The van der Waals surface area contributed by atoms with Crippen molar-refractivity contribution in [3.8, 4) is 11.5 Å². The van der Waals surface area contributed by atoms with Crippen molar-refractivity contribution in [2.45, 2.75) is 20.4 Å². The number of nitro groups is 1. The molecule has 0 radical (unpaired) electrons. The second-order valence-corrected chi connectivity index (χ2v) is 4.96. The van der Waals surface area contributed by atoms with Gasteiger partial charge in [-0.3, -0.25) is 14.8 Å². The Labute approximate surface area is 129 Å². The molecule has 0 saturated heterocycles. The molecule has 2 heterocycles. The van der Waals surface area contributed by atoms with Crippen molar-refractivity contribution in [2.75, 3.05) is 0 Å². The second kappa shape index (κ2) is 5.59. The molecule has 0 aliphatic heterocycles. The number of hydrogen-bond acceptors (Lipinski definition) is 6. The van der Waals surface area contributed by atoms with E-state index in [-0.39, 0.29) is 23.9 Å². The fraction of sp³-hybridized carbons (Fsp3) is 0.214. The molecule has 23 heavy (non-hydrogen) atoms. The molecule has 0 fully saturated rings. The minimum Gasteiger partial charge on any atom is -0.334 e. The fourth-order valence-corrected chi connectivity index (χ4v) is 2.27. The van der Waals surface area contributed by atoms with Gasteiger partial charge >= 0.3 is 5.69 Å². The second-order valence-electron chi connectivity index (χ2n) is 4.96. The summed E-state index contributed by atoms with van der Waals surface area (Å²) >= 11 is 0. The molecule has 0 spiro atoms. The summed E-state index contributed by atoms with van der Waals surface area (Å²) in [5.74, 6) is 0.212. The number of aromatic nitrogens is 4. The van der Waals surface area contributed by atoms with Crippen LogP contribution in [0.25, 0.3) is 11.5 Å². The van der Waals surface area contributed by atoms with Gasteiger partial charge in [0.1, 0.15) is 23.7 Å². The molecule has 0 amide bonds. The van der Waals surface area contributed by atoms with Gasteiger partial charge in [-0.05, 0) is 38.1 Å². The number of hydrogen-bond donors (Lipinski definition) is 0. The third-order valence-corrected chi connectivity index (χ3v) is 3.38. The molecule has 0 unspecified atom stereocenters. The number of benzene rings is 1. The molecule has 0 saturated carbocycles. The van der Waals surface area contributed by atoms with Gasteiger partial charge in [-0.2, -0.15) is 10.1 Å². The third-order valence-electron chi connectivity index (χ3n) is 3.38. The number of halogens is 1. The van der Waals surface area contributed by atoms with E-state index < -0.39 is 4.92 Å². The molecular formula is C14H12FN5O3. The topological polar surface area (TPSA) is 99.9 Å². The predicted molar refractivity (Wildman–Crippen MR) is 77.1 cm³/mol. The Morgan fingerprint density at radius 3 is 2.61 bits per heavy atom. The lowest BCUT2D eigenvalue weighted by molar-refractivity contribution is -0.386. The highest BCUT2D eigenvalue weighted by Gasteiger charge is 2.22. The Morgan fingerprint density at radius 1 is 1.30 bits per heavy atom. The molecule has 0 bridgehead atoms. The van der Waals surface area contributed by atoms with Gasteiger partial charge in [-0.1, -0.05) is 5.16 Å². The molecule has 2 aromatic heterocycles. The van der Waals surface area contributed by atoms with Crippen LogP contribution < -0.4 is 0 Å². The summed E-state index contributed by atoms with van der Waals surface area (Å²) < 4.78 is 19.5. The first kappa shape index (κ1) is 14.8. The van der Waals surface area contributed by atoms with Crippen molar-refractivity contribution in [3.63, 3.8) is 0 Å². The molecule has 118 valence electrons. The summed E-state index contributed by atoms with van der Waals surface area (Å²) in [7, 11) is 0. The van der Waals surface area contributed by atoms with Crippen LogP contribution in [-0.2, 0) is 6.54 Å². The van der Waals surface area contributed by atoms with Gasteiger partial charge in [-0.15, -0.1) is 0 Å². The number of nitrogens with zero attached hydrogens (tertiary/aromatic N) is 5. The molecule has 0 N–H and O–H groups in total. The Bertz CT molecular complexity index is 869. The van der Waals surface area contributed by atoms with Gasteiger partial charge in [0.05, 0.1) is 4.92 Å². The van der Waals surface area contributed by atoms with Crippen molar-refractivity contribution in [3.05, 3.63) is 57.4 Å². The minimum absolute atomic E-state index is 0.0211. The quantitative estimate of drug-likeness (QED) is 0.541. The highest BCUT2D eigenvalue weighted by molar-refractivity contribution is 5.52.